The predicted octanol–water partition coefficient (Wildman–Crippen LogP) is 6.75. The number of amides is 2. The molecule has 36 heavy (non-hydrogen) atoms. The van der Waals surface area contributed by atoms with Crippen LogP contribution in [0.25, 0.3) is 6.08 Å². The molecule has 1 aliphatic heterocycles. The fraction of sp³-hybridized carbons (Fsp3) is 0.115. The number of benzene rings is 3. The van der Waals surface area contributed by atoms with Crippen LogP contribution in [0.1, 0.15) is 21.5 Å². The number of halogens is 3. The smallest absolute Gasteiger partial charge is 0.293 e. The van der Waals surface area contributed by atoms with Crippen molar-refractivity contribution in [1.82, 2.24) is 4.90 Å². The zero-order chi connectivity index (χ0) is 25.8. The van der Waals surface area contributed by atoms with Gasteiger partial charge in [-0.2, -0.15) is 0 Å². The topological polar surface area (TPSA) is 72.9 Å². The van der Waals surface area contributed by atoms with Gasteiger partial charge in [-0.25, -0.2) is 4.39 Å². The van der Waals surface area contributed by atoms with Gasteiger partial charge in [0.05, 0.1) is 23.0 Å². The van der Waals surface area contributed by atoms with Crippen LogP contribution in [0.2, 0.25) is 5.02 Å². The highest BCUT2D eigenvalue weighted by atomic mass is 79.9. The molecule has 0 aromatic heterocycles. The van der Waals surface area contributed by atoms with Crippen molar-refractivity contribution in [3.8, 4) is 11.5 Å². The van der Waals surface area contributed by atoms with Gasteiger partial charge in [-0.3, -0.25) is 19.3 Å². The fourth-order valence-corrected chi connectivity index (χ4v) is 4.94. The fourth-order valence-electron chi connectivity index (χ4n) is 3.40. The molecule has 0 spiro atoms. The van der Waals surface area contributed by atoms with Crippen molar-refractivity contribution in [2.45, 2.75) is 6.61 Å². The van der Waals surface area contributed by atoms with Gasteiger partial charge in [0.25, 0.3) is 11.1 Å². The lowest BCUT2D eigenvalue weighted by molar-refractivity contribution is -0.122. The molecule has 4 rings (SSSR count). The van der Waals surface area contributed by atoms with Crippen molar-refractivity contribution in [2.24, 2.45) is 0 Å². The molecule has 1 saturated heterocycles. The highest BCUT2D eigenvalue weighted by Crippen LogP contribution is 2.39. The summed E-state index contributed by atoms with van der Waals surface area (Å²) in [6.07, 6.45) is 1.54. The van der Waals surface area contributed by atoms with E-state index in [4.69, 9.17) is 21.1 Å². The van der Waals surface area contributed by atoms with E-state index in [1.165, 1.54) is 19.2 Å². The van der Waals surface area contributed by atoms with Gasteiger partial charge in [0.15, 0.2) is 17.3 Å². The average molecular weight is 591 g/mol. The number of hydrogen-bond acceptors (Lipinski definition) is 6. The molecule has 0 bridgehead atoms. The zero-order valence-electron chi connectivity index (χ0n) is 18.8. The number of imide groups is 1. The number of Topliss-reactive ketones (excluding diaryl/α,β-unsaturated/α-hetero) is 1. The predicted molar refractivity (Wildman–Crippen MR) is 140 cm³/mol. The summed E-state index contributed by atoms with van der Waals surface area (Å²) in [6.45, 7) is -0.254. The Labute approximate surface area is 224 Å². The molecule has 10 heteroatoms. The number of carbonyl (C=O) groups is 3. The molecule has 1 heterocycles. The van der Waals surface area contributed by atoms with Crippen molar-refractivity contribution < 1.29 is 28.2 Å². The number of carbonyl (C=O) groups excluding carboxylic acids is 3. The first-order valence-corrected chi connectivity index (χ1v) is 12.5. The van der Waals surface area contributed by atoms with E-state index in [0.717, 1.165) is 16.7 Å². The lowest BCUT2D eigenvalue weighted by atomic mass is 10.1. The van der Waals surface area contributed by atoms with Gasteiger partial charge in [-0.05, 0) is 93.4 Å². The second-order valence-electron chi connectivity index (χ2n) is 7.65. The van der Waals surface area contributed by atoms with Crippen molar-refractivity contribution in [1.29, 1.82) is 0 Å². The van der Waals surface area contributed by atoms with Crippen molar-refractivity contribution in [2.75, 3.05) is 13.7 Å². The summed E-state index contributed by atoms with van der Waals surface area (Å²) in [7, 11) is 1.47. The molecule has 184 valence electrons. The van der Waals surface area contributed by atoms with Crippen LogP contribution >= 0.6 is 39.3 Å². The Hall–Kier alpha value is -3.14. The number of ketones is 1. The standard InChI is InChI=1S/C26H18BrClFNO5S/c1-34-22-11-16(10-20(27)24(22)35-14-15-3-2-4-19(29)9-15)12-23-25(32)30(26(33)36-23)13-21(31)17-5-7-18(28)8-6-17/h2-12H,13-14H2,1H3/b23-12+. The first-order chi connectivity index (χ1) is 17.2. The number of methoxy groups -OCH3 is 1. The van der Waals surface area contributed by atoms with E-state index in [1.54, 1.807) is 54.6 Å². The summed E-state index contributed by atoms with van der Waals surface area (Å²) in [6, 6.07) is 15.6. The Morgan fingerprint density at radius 2 is 1.89 bits per heavy atom. The van der Waals surface area contributed by atoms with E-state index in [2.05, 4.69) is 15.9 Å². The van der Waals surface area contributed by atoms with Crippen LogP contribution in [0.3, 0.4) is 0 Å². The van der Waals surface area contributed by atoms with E-state index in [-0.39, 0.29) is 29.7 Å². The van der Waals surface area contributed by atoms with Crippen molar-refractivity contribution in [3.63, 3.8) is 0 Å². The lowest BCUT2D eigenvalue weighted by Crippen LogP contribution is -2.33. The number of rotatable bonds is 8. The maximum atomic E-state index is 13.4. The van der Waals surface area contributed by atoms with Gasteiger partial charge in [0, 0.05) is 10.6 Å². The Balaban J connectivity index is 1.51. The second kappa shape index (κ2) is 11.3. The lowest BCUT2D eigenvalue weighted by Gasteiger charge is -2.14. The Morgan fingerprint density at radius 3 is 2.58 bits per heavy atom. The Kier molecular flexibility index (Phi) is 8.13. The average Bonchev–Trinajstić information content (AvgIpc) is 3.10. The number of ether oxygens (including phenoxy) is 2. The minimum absolute atomic E-state index is 0.118. The molecule has 0 saturated carbocycles. The number of thioether (sulfide) groups is 1. The van der Waals surface area contributed by atoms with Gasteiger partial charge in [-0.15, -0.1) is 0 Å². The van der Waals surface area contributed by atoms with Crippen molar-refractivity contribution >= 4 is 62.3 Å². The number of nitrogens with zero attached hydrogens (tertiary/aromatic N) is 1. The first-order valence-electron chi connectivity index (χ1n) is 10.5. The molecule has 3 aromatic rings. The van der Waals surface area contributed by atoms with Crippen LogP contribution in [0.5, 0.6) is 11.5 Å². The third-order valence-electron chi connectivity index (χ3n) is 5.16. The SMILES string of the molecule is COc1cc(/C=C2/SC(=O)N(CC(=O)c3ccc(Cl)cc3)C2=O)cc(Br)c1OCc1cccc(F)c1. The molecule has 0 aliphatic carbocycles. The summed E-state index contributed by atoms with van der Waals surface area (Å²) >= 11 is 10.0. The zero-order valence-corrected chi connectivity index (χ0v) is 22.0. The molecular formula is C26H18BrClFNO5S. The van der Waals surface area contributed by atoms with Gasteiger partial charge < -0.3 is 9.47 Å². The van der Waals surface area contributed by atoms with Gasteiger partial charge in [0.2, 0.25) is 0 Å². The molecule has 3 aromatic carbocycles. The molecule has 0 N–H and O–H groups in total. The third kappa shape index (κ3) is 5.98. The molecule has 2 amide bonds. The minimum atomic E-state index is -0.561. The molecule has 0 unspecified atom stereocenters. The number of hydrogen-bond donors (Lipinski definition) is 0. The summed E-state index contributed by atoms with van der Waals surface area (Å²) in [5, 5.41) is -0.0535. The van der Waals surface area contributed by atoms with Crippen LogP contribution in [0.4, 0.5) is 9.18 Å². The van der Waals surface area contributed by atoms with E-state index in [1.807, 2.05) is 0 Å². The Morgan fingerprint density at radius 1 is 1.14 bits per heavy atom. The van der Waals surface area contributed by atoms with Crippen LogP contribution < -0.4 is 9.47 Å². The van der Waals surface area contributed by atoms with Crippen LogP contribution in [0, 0.1) is 5.82 Å². The van der Waals surface area contributed by atoms with Crippen molar-refractivity contribution in [3.05, 3.63) is 97.6 Å². The molecule has 1 fully saturated rings. The normalized spacial score (nSPS) is 14.4. The Bertz CT molecular complexity index is 1380. The largest absolute Gasteiger partial charge is 0.493 e. The van der Waals surface area contributed by atoms with Gasteiger partial charge in [0.1, 0.15) is 12.4 Å². The van der Waals surface area contributed by atoms with E-state index < -0.39 is 11.1 Å². The molecule has 1 aliphatic rings. The monoisotopic (exact) mass is 589 g/mol. The van der Waals surface area contributed by atoms with E-state index in [0.29, 0.717) is 37.7 Å². The highest BCUT2D eigenvalue weighted by Gasteiger charge is 2.36. The minimum Gasteiger partial charge on any atom is -0.493 e. The van der Waals surface area contributed by atoms with Gasteiger partial charge in [-0.1, -0.05) is 23.7 Å². The maximum absolute atomic E-state index is 13.4. The van der Waals surface area contributed by atoms with Gasteiger partial charge >= 0.3 is 0 Å². The highest BCUT2D eigenvalue weighted by molar-refractivity contribution is 9.10. The van der Waals surface area contributed by atoms with E-state index in [9.17, 15) is 18.8 Å². The summed E-state index contributed by atoms with van der Waals surface area (Å²) < 4.78 is 25.3. The summed E-state index contributed by atoms with van der Waals surface area (Å²) in [5.74, 6) is -0.515. The third-order valence-corrected chi connectivity index (χ3v) is 6.91. The van der Waals surface area contributed by atoms with Crippen LogP contribution in [0.15, 0.2) is 70.0 Å². The van der Waals surface area contributed by atoms with E-state index >= 15 is 0 Å². The maximum Gasteiger partial charge on any atom is 0.293 e. The van der Waals surface area contributed by atoms with Crippen LogP contribution in [-0.4, -0.2) is 35.5 Å². The molecule has 0 atom stereocenters. The van der Waals surface area contributed by atoms with Crippen LogP contribution in [-0.2, 0) is 11.4 Å². The molecule has 6 nitrogen and oxygen atoms in total. The molecular weight excluding hydrogens is 573 g/mol. The second-order valence-corrected chi connectivity index (χ2v) is 9.93. The quantitative estimate of drug-likeness (QED) is 0.214. The molecule has 0 radical (unpaired) electrons. The summed E-state index contributed by atoms with van der Waals surface area (Å²) in [5.41, 5.74) is 1.58. The summed E-state index contributed by atoms with van der Waals surface area (Å²) in [4.78, 5) is 39.0. The first kappa shape index (κ1) is 25.9.